The molecule has 1 amide bonds. The van der Waals surface area contributed by atoms with Crippen molar-refractivity contribution in [2.45, 2.75) is 33.2 Å². The van der Waals surface area contributed by atoms with Crippen LogP contribution in [0.5, 0.6) is 0 Å². The Morgan fingerprint density at radius 1 is 1.45 bits per heavy atom. The smallest absolute Gasteiger partial charge is 0.285 e. The fraction of sp³-hybridized carbons (Fsp3) is 0.462. The Balaban J connectivity index is 3.23. The number of nitro benzene ring substituents is 1. The lowest BCUT2D eigenvalue weighted by atomic mass is 10.1. The monoisotopic (exact) mass is 283 g/mol. The van der Waals surface area contributed by atoms with Crippen molar-refractivity contribution in [3.8, 4) is 0 Å². The van der Waals surface area contributed by atoms with Crippen molar-refractivity contribution < 1.29 is 14.1 Å². The van der Waals surface area contributed by atoms with E-state index in [9.17, 15) is 19.3 Å². The van der Waals surface area contributed by atoms with E-state index in [0.717, 1.165) is 6.07 Å². The predicted molar refractivity (Wildman–Crippen MR) is 74.4 cm³/mol. The van der Waals surface area contributed by atoms with E-state index in [2.05, 4.69) is 10.6 Å². The number of halogens is 1. The van der Waals surface area contributed by atoms with Crippen LogP contribution in [0.2, 0.25) is 0 Å². The molecule has 20 heavy (non-hydrogen) atoms. The SMILES string of the molecule is CCNc1cc(C(=O)NC(C)CC)c([N+](=O)[O-])cc1F. The first-order valence-electron chi connectivity index (χ1n) is 6.43. The molecule has 0 heterocycles. The van der Waals surface area contributed by atoms with E-state index in [1.165, 1.54) is 6.07 Å². The third kappa shape index (κ3) is 3.66. The number of benzene rings is 1. The Labute approximate surface area is 116 Å². The van der Waals surface area contributed by atoms with Gasteiger partial charge in [-0.3, -0.25) is 14.9 Å². The number of hydrogen-bond donors (Lipinski definition) is 2. The molecule has 0 radical (unpaired) electrons. The van der Waals surface area contributed by atoms with Gasteiger partial charge in [0.1, 0.15) is 5.56 Å². The molecule has 1 aromatic rings. The van der Waals surface area contributed by atoms with Gasteiger partial charge in [0, 0.05) is 12.6 Å². The Kier molecular flexibility index (Phi) is 5.42. The van der Waals surface area contributed by atoms with Crippen LogP contribution in [0.4, 0.5) is 15.8 Å². The van der Waals surface area contributed by atoms with Gasteiger partial charge in [-0.15, -0.1) is 0 Å². The highest BCUT2D eigenvalue weighted by Crippen LogP contribution is 2.26. The Bertz CT molecular complexity index is 520. The van der Waals surface area contributed by atoms with Gasteiger partial charge < -0.3 is 10.6 Å². The Morgan fingerprint density at radius 3 is 2.60 bits per heavy atom. The number of amides is 1. The van der Waals surface area contributed by atoms with Crippen LogP contribution in [0.25, 0.3) is 0 Å². The van der Waals surface area contributed by atoms with E-state index in [1.54, 1.807) is 13.8 Å². The second-order valence-electron chi connectivity index (χ2n) is 4.42. The highest BCUT2D eigenvalue weighted by Gasteiger charge is 2.24. The molecule has 0 aliphatic rings. The summed E-state index contributed by atoms with van der Waals surface area (Å²) in [5, 5.41) is 16.3. The first-order valence-corrected chi connectivity index (χ1v) is 6.43. The first-order chi connectivity index (χ1) is 9.40. The van der Waals surface area contributed by atoms with Gasteiger partial charge in [-0.2, -0.15) is 0 Å². The lowest BCUT2D eigenvalue weighted by molar-refractivity contribution is -0.385. The molecule has 1 rings (SSSR count). The number of nitrogens with one attached hydrogen (secondary N) is 2. The molecule has 0 saturated heterocycles. The summed E-state index contributed by atoms with van der Waals surface area (Å²) in [6.45, 7) is 5.88. The minimum absolute atomic E-state index is 0.0763. The molecule has 0 aliphatic carbocycles. The molecule has 6 nitrogen and oxygen atoms in total. The van der Waals surface area contributed by atoms with E-state index >= 15 is 0 Å². The normalized spacial score (nSPS) is 11.8. The quantitative estimate of drug-likeness (QED) is 0.621. The maximum Gasteiger partial charge on any atom is 0.285 e. The second kappa shape index (κ2) is 6.83. The number of nitrogens with zero attached hydrogens (tertiary/aromatic N) is 1. The summed E-state index contributed by atoms with van der Waals surface area (Å²) in [5.74, 6) is -1.33. The number of carbonyl (C=O) groups is 1. The molecular formula is C13H18FN3O3. The standard InChI is InChI=1S/C13H18FN3O3/c1-4-8(3)16-13(18)9-6-11(15-5-2)10(14)7-12(9)17(19)20/h6-8,15H,4-5H2,1-3H3,(H,16,18). The zero-order valence-electron chi connectivity index (χ0n) is 11.7. The van der Waals surface area contributed by atoms with Gasteiger partial charge in [-0.25, -0.2) is 4.39 Å². The maximum atomic E-state index is 13.7. The summed E-state index contributed by atoms with van der Waals surface area (Å²) >= 11 is 0. The summed E-state index contributed by atoms with van der Waals surface area (Å²) in [7, 11) is 0. The maximum absolute atomic E-state index is 13.7. The third-order valence-electron chi connectivity index (χ3n) is 2.88. The van der Waals surface area contributed by atoms with Crippen LogP contribution in [-0.4, -0.2) is 23.4 Å². The molecule has 0 aliphatic heterocycles. The highest BCUT2D eigenvalue weighted by molar-refractivity contribution is 5.99. The van der Waals surface area contributed by atoms with Gasteiger partial charge in [0.15, 0.2) is 5.82 Å². The van der Waals surface area contributed by atoms with Crippen LogP contribution in [0.1, 0.15) is 37.6 Å². The van der Waals surface area contributed by atoms with Crippen molar-refractivity contribution in [3.05, 3.63) is 33.6 Å². The van der Waals surface area contributed by atoms with Gasteiger partial charge >= 0.3 is 0 Å². The number of anilines is 1. The van der Waals surface area contributed by atoms with E-state index in [-0.39, 0.29) is 17.3 Å². The summed E-state index contributed by atoms with van der Waals surface area (Å²) in [6, 6.07) is 1.83. The van der Waals surface area contributed by atoms with E-state index in [4.69, 9.17) is 0 Å². The molecule has 0 aromatic heterocycles. The van der Waals surface area contributed by atoms with Crippen LogP contribution in [0, 0.1) is 15.9 Å². The third-order valence-corrected chi connectivity index (χ3v) is 2.88. The lowest BCUT2D eigenvalue weighted by Gasteiger charge is -2.13. The molecule has 0 spiro atoms. The van der Waals surface area contributed by atoms with E-state index in [0.29, 0.717) is 13.0 Å². The highest BCUT2D eigenvalue weighted by atomic mass is 19.1. The minimum Gasteiger partial charge on any atom is -0.383 e. The van der Waals surface area contributed by atoms with Crippen LogP contribution in [0.15, 0.2) is 12.1 Å². The van der Waals surface area contributed by atoms with Crippen molar-refractivity contribution in [1.82, 2.24) is 5.32 Å². The summed E-state index contributed by atoms with van der Waals surface area (Å²) < 4.78 is 13.7. The van der Waals surface area contributed by atoms with Gasteiger partial charge in [0.2, 0.25) is 0 Å². The number of rotatable bonds is 6. The molecule has 110 valence electrons. The molecule has 1 unspecified atom stereocenters. The van der Waals surface area contributed by atoms with Gasteiger partial charge in [-0.05, 0) is 26.3 Å². The van der Waals surface area contributed by atoms with Crippen molar-refractivity contribution in [3.63, 3.8) is 0 Å². The zero-order chi connectivity index (χ0) is 15.3. The number of hydrogen-bond acceptors (Lipinski definition) is 4. The lowest BCUT2D eigenvalue weighted by Crippen LogP contribution is -2.32. The largest absolute Gasteiger partial charge is 0.383 e. The fourth-order valence-electron chi connectivity index (χ4n) is 1.63. The molecule has 0 bridgehead atoms. The van der Waals surface area contributed by atoms with Crippen LogP contribution < -0.4 is 10.6 Å². The van der Waals surface area contributed by atoms with Crippen LogP contribution >= 0.6 is 0 Å². The molecule has 1 atom stereocenters. The van der Waals surface area contributed by atoms with Crippen LogP contribution in [-0.2, 0) is 0 Å². The second-order valence-corrected chi connectivity index (χ2v) is 4.42. The number of carbonyl (C=O) groups excluding carboxylic acids is 1. The summed E-state index contributed by atoms with van der Waals surface area (Å²) in [5.41, 5.74) is -0.606. The number of nitro groups is 1. The minimum atomic E-state index is -0.760. The molecule has 0 fully saturated rings. The first kappa shape index (κ1) is 15.9. The average Bonchev–Trinajstić information content (AvgIpc) is 2.40. The van der Waals surface area contributed by atoms with E-state index in [1.807, 2.05) is 6.92 Å². The fourth-order valence-corrected chi connectivity index (χ4v) is 1.63. The zero-order valence-corrected chi connectivity index (χ0v) is 11.7. The van der Waals surface area contributed by atoms with Crippen molar-refractivity contribution in [1.29, 1.82) is 0 Å². The van der Waals surface area contributed by atoms with Crippen molar-refractivity contribution >= 4 is 17.3 Å². The van der Waals surface area contributed by atoms with Gasteiger partial charge in [-0.1, -0.05) is 6.92 Å². The van der Waals surface area contributed by atoms with Crippen molar-refractivity contribution in [2.24, 2.45) is 0 Å². The molecule has 7 heteroatoms. The Hall–Kier alpha value is -2.18. The Morgan fingerprint density at radius 2 is 2.10 bits per heavy atom. The topological polar surface area (TPSA) is 84.3 Å². The molecular weight excluding hydrogens is 265 g/mol. The molecule has 0 saturated carbocycles. The molecule has 2 N–H and O–H groups in total. The summed E-state index contributed by atoms with van der Waals surface area (Å²) in [4.78, 5) is 22.2. The van der Waals surface area contributed by atoms with E-state index < -0.39 is 22.3 Å². The van der Waals surface area contributed by atoms with Gasteiger partial charge in [0.05, 0.1) is 16.7 Å². The summed E-state index contributed by atoms with van der Waals surface area (Å²) in [6.07, 6.45) is 0.695. The van der Waals surface area contributed by atoms with Crippen LogP contribution in [0.3, 0.4) is 0 Å². The predicted octanol–water partition coefficient (Wildman–Crippen LogP) is 2.69. The van der Waals surface area contributed by atoms with Crippen molar-refractivity contribution in [2.75, 3.05) is 11.9 Å². The molecule has 1 aromatic carbocycles. The average molecular weight is 283 g/mol. The van der Waals surface area contributed by atoms with Gasteiger partial charge in [0.25, 0.3) is 11.6 Å².